The molecular formula is C19H21ClFN3OS2. The Bertz CT molecular complexity index is 912. The number of amides is 1. The Morgan fingerprint density at radius 1 is 1.37 bits per heavy atom. The van der Waals surface area contributed by atoms with Crippen LogP contribution in [0.4, 0.5) is 4.39 Å². The van der Waals surface area contributed by atoms with Crippen LogP contribution < -0.4 is 11.1 Å². The number of nitrogens with two attached hydrogens (primary N) is 1. The number of halogens is 2. The molecule has 2 heterocycles. The Kier molecular flexibility index (Phi) is 5.57. The van der Waals surface area contributed by atoms with Crippen LogP contribution in [0.1, 0.15) is 40.9 Å². The predicted octanol–water partition coefficient (Wildman–Crippen LogP) is 4.57. The SMILES string of the molecule is CC1(C)SCC(C)(c2sc(C(=O)NCc3cccc(F)c3)cc2Cl)N=C1N. The van der Waals surface area contributed by atoms with E-state index in [-0.39, 0.29) is 23.0 Å². The van der Waals surface area contributed by atoms with Gasteiger partial charge in [0.2, 0.25) is 0 Å². The van der Waals surface area contributed by atoms with Gasteiger partial charge in [-0.05, 0) is 44.5 Å². The zero-order valence-electron chi connectivity index (χ0n) is 15.3. The van der Waals surface area contributed by atoms with Crippen molar-refractivity contribution in [3.05, 3.63) is 56.5 Å². The molecule has 4 nitrogen and oxygen atoms in total. The molecule has 1 aromatic heterocycles. The van der Waals surface area contributed by atoms with Crippen molar-refractivity contribution in [2.75, 3.05) is 5.75 Å². The van der Waals surface area contributed by atoms with Gasteiger partial charge in [-0.2, -0.15) is 0 Å². The van der Waals surface area contributed by atoms with E-state index in [1.165, 1.54) is 23.5 Å². The predicted molar refractivity (Wildman–Crippen MR) is 112 cm³/mol. The lowest BCUT2D eigenvalue weighted by Crippen LogP contribution is -2.44. The van der Waals surface area contributed by atoms with Gasteiger partial charge in [0, 0.05) is 12.3 Å². The molecule has 1 atom stereocenters. The number of rotatable bonds is 4. The molecule has 0 saturated carbocycles. The summed E-state index contributed by atoms with van der Waals surface area (Å²) in [5.41, 5.74) is 6.28. The van der Waals surface area contributed by atoms with E-state index in [1.54, 1.807) is 30.0 Å². The van der Waals surface area contributed by atoms with Crippen LogP contribution in [-0.2, 0) is 12.1 Å². The van der Waals surface area contributed by atoms with Crippen LogP contribution in [0, 0.1) is 5.82 Å². The summed E-state index contributed by atoms with van der Waals surface area (Å²) in [6.07, 6.45) is 0. The molecule has 0 saturated heterocycles. The maximum atomic E-state index is 13.3. The summed E-state index contributed by atoms with van der Waals surface area (Å²) in [4.78, 5) is 18.5. The van der Waals surface area contributed by atoms with Crippen molar-refractivity contribution in [1.29, 1.82) is 0 Å². The molecule has 27 heavy (non-hydrogen) atoms. The van der Waals surface area contributed by atoms with Crippen LogP contribution in [0.5, 0.6) is 0 Å². The quantitative estimate of drug-likeness (QED) is 0.754. The number of benzene rings is 1. The first-order chi connectivity index (χ1) is 12.6. The topological polar surface area (TPSA) is 67.5 Å². The number of thiophene rings is 1. The summed E-state index contributed by atoms with van der Waals surface area (Å²) >= 11 is 9.47. The van der Waals surface area contributed by atoms with E-state index in [9.17, 15) is 9.18 Å². The molecule has 1 amide bonds. The number of aliphatic imine (C=N–C) groups is 1. The van der Waals surface area contributed by atoms with Gasteiger partial charge in [-0.1, -0.05) is 23.7 Å². The summed E-state index contributed by atoms with van der Waals surface area (Å²) in [5, 5.41) is 3.31. The molecule has 2 aromatic rings. The Morgan fingerprint density at radius 3 is 2.78 bits per heavy atom. The smallest absolute Gasteiger partial charge is 0.261 e. The molecule has 8 heteroatoms. The lowest BCUT2D eigenvalue weighted by molar-refractivity contribution is 0.0955. The van der Waals surface area contributed by atoms with Crippen molar-refractivity contribution < 1.29 is 9.18 Å². The second-order valence-electron chi connectivity index (χ2n) is 7.17. The molecular weight excluding hydrogens is 405 g/mol. The number of hydrogen-bond acceptors (Lipinski definition) is 5. The Hall–Kier alpha value is -1.57. The van der Waals surface area contributed by atoms with Crippen molar-refractivity contribution in [3.8, 4) is 0 Å². The Balaban J connectivity index is 1.78. The minimum atomic E-state index is -0.562. The van der Waals surface area contributed by atoms with Gasteiger partial charge in [0.15, 0.2) is 0 Å². The maximum Gasteiger partial charge on any atom is 0.261 e. The van der Waals surface area contributed by atoms with Crippen molar-refractivity contribution >= 4 is 46.4 Å². The van der Waals surface area contributed by atoms with Crippen LogP contribution >= 0.6 is 34.7 Å². The second-order valence-corrected chi connectivity index (χ2v) is 10.2. The lowest BCUT2D eigenvalue weighted by Gasteiger charge is -2.37. The Labute approximate surface area is 171 Å². The van der Waals surface area contributed by atoms with E-state index in [0.29, 0.717) is 21.3 Å². The number of nitrogens with zero attached hydrogens (tertiary/aromatic N) is 1. The highest BCUT2D eigenvalue weighted by molar-refractivity contribution is 8.01. The number of amidine groups is 1. The van der Waals surface area contributed by atoms with Crippen LogP contribution in [0.3, 0.4) is 0 Å². The number of nitrogens with one attached hydrogen (secondary N) is 1. The van der Waals surface area contributed by atoms with Gasteiger partial charge < -0.3 is 11.1 Å². The third kappa shape index (κ3) is 4.31. The van der Waals surface area contributed by atoms with Crippen molar-refractivity contribution in [2.24, 2.45) is 10.7 Å². The minimum Gasteiger partial charge on any atom is -0.386 e. The molecule has 0 radical (unpaired) electrons. The van der Waals surface area contributed by atoms with Crippen molar-refractivity contribution in [1.82, 2.24) is 5.32 Å². The third-order valence-electron chi connectivity index (χ3n) is 4.44. The minimum absolute atomic E-state index is 0.214. The lowest BCUT2D eigenvalue weighted by atomic mass is 10.0. The monoisotopic (exact) mass is 425 g/mol. The fourth-order valence-corrected chi connectivity index (χ4v) is 5.39. The first-order valence-corrected chi connectivity index (χ1v) is 10.6. The zero-order valence-corrected chi connectivity index (χ0v) is 17.7. The van der Waals surface area contributed by atoms with Gasteiger partial charge >= 0.3 is 0 Å². The zero-order chi connectivity index (χ0) is 19.8. The molecule has 0 bridgehead atoms. The number of hydrogen-bond donors (Lipinski definition) is 2. The first kappa shape index (κ1) is 20.2. The highest BCUT2D eigenvalue weighted by atomic mass is 35.5. The van der Waals surface area contributed by atoms with E-state index < -0.39 is 5.54 Å². The average Bonchev–Trinajstić information content (AvgIpc) is 3.00. The van der Waals surface area contributed by atoms with Gasteiger partial charge in [-0.3, -0.25) is 9.79 Å². The number of thioether (sulfide) groups is 1. The van der Waals surface area contributed by atoms with E-state index in [0.717, 1.165) is 10.6 Å². The molecule has 1 unspecified atom stereocenters. The molecule has 0 fully saturated rings. The number of carbonyl (C=O) groups is 1. The molecule has 1 aliphatic rings. The third-order valence-corrected chi connectivity index (χ3v) is 7.87. The summed E-state index contributed by atoms with van der Waals surface area (Å²) in [6.45, 7) is 6.30. The van der Waals surface area contributed by atoms with Gasteiger partial charge in [-0.25, -0.2) is 4.39 Å². The van der Waals surface area contributed by atoms with Gasteiger partial charge in [0.05, 0.1) is 19.5 Å². The highest BCUT2D eigenvalue weighted by Crippen LogP contribution is 2.45. The first-order valence-electron chi connectivity index (χ1n) is 8.43. The van der Waals surface area contributed by atoms with E-state index in [4.69, 9.17) is 22.3 Å². The molecule has 1 aromatic carbocycles. The van der Waals surface area contributed by atoms with Crippen LogP contribution in [0.15, 0.2) is 35.3 Å². The second kappa shape index (κ2) is 7.45. The molecule has 3 rings (SSSR count). The summed E-state index contributed by atoms with van der Waals surface area (Å²) in [7, 11) is 0. The largest absolute Gasteiger partial charge is 0.386 e. The van der Waals surface area contributed by atoms with Gasteiger partial charge in [0.25, 0.3) is 5.91 Å². The van der Waals surface area contributed by atoms with Crippen LogP contribution in [0.25, 0.3) is 0 Å². The fraction of sp³-hybridized carbons (Fsp3) is 0.368. The van der Waals surface area contributed by atoms with Gasteiger partial charge in [0.1, 0.15) is 17.2 Å². The normalized spacial score (nSPS) is 21.6. The molecule has 0 aliphatic carbocycles. The van der Waals surface area contributed by atoms with E-state index in [2.05, 4.69) is 5.32 Å². The Morgan fingerprint density at radius 2 is 2.11 bits per heavy atom. The summed E-state index contributed by atoms with van der Waals surface area (Å²) in [5.74, 6) is 0.722. The standard InChI is InChI=1S/C19H21ClFN3OS2/c1-18(2)17(22)24-19(3,10-26-18)15-13(20)8-14(27-15)16(25)23-9-11-5-4-6-12(21)7-11/h4-8H,9-10H2,1-3H3,(H2,22,24)(H,23,25). The van der Waals surface area contributed by atoms with E-state index >= 15 is 0 Å². The highest BCUT2D eigenvalue weighted by Gasteiger charge is 2.40. The maximum absolute atomic E-state index is 13.3. The summed E-state index contributed by atoms with van der Waals surface area (Å²) in [6, 6.07) is 7.79. The van der Waals surface area contributed by atoms with Crippen LogP contribution in [0.2, 0.25) is 5.02 Å². The molecule has 3 N–H and O–H groups in total. The average molecular weight is 426 g/mol. The summed E-state index contributed by atoms with van der Waals surface area (Å²) < 4.78 is 13.0. The fourth-order valence-electron chi connectivity index (χ4n) is 2.71. The van der Waals surface area contributed by atoms with Crippen LogP contribution in [-0.4, -0.2) is 22.2 Å². The van der Waals surface area contributed by atoms with Crippen molar-refractivity contribution in [3.63, 3.8) is 0 Å². The molecule has 1 aliphatic heterocycles. The van der Waals surface area contributed by atoms with E-state index in [1.807, 2.05) is 20.8 Å². The van der Waals surface area contributed by atoms with Crippen molar-refractivity contribution in [2.45, 2.75) is 37.6 Å². The number of carbonyl (C=O) groups excluding carboxylic acids is 1. The molecule has 144 valence electrons. The molecule has 0 spiro atoms. The van der Waals surface area contributed by atoms with Gasteiger partial charge in [-0.15, -0.1) is 23.1 Å².